The number of hydrogen-bond acceptors (Lipinski definition) is 8. The van der Waals surface area contributed by atoms with Gasteiger partial charge in [0.2, 0.25) is 0 Å². The lowest BCUT2D eigenvalue weighted by molar-refractivity contribution is 0.0473. The maximum absolute atomic E-state index is 13.7. The lowest BCUT2D eigenvalue weighted by atomic mass is 9.93. The van der Waals surface area contributed by atoms with Crippen LogP contribution in [0.3, 0.4) is 0 Å². The van der Waals surface area contributed by atoms with Crippen molar-refractivity contribution in [2.75, 3.05) is 19.0 Å². The van der Waals surface area contributed by atoms with Crippen molar-refractivity contribution in [1.82, 2.24) is 10.6 Å². The molecule has 52 heavy (non-hydrogen) atoms. The molecule has 0 spiro atoms. The number of carbonyl (C=O) groups excluding carboxylic acids is 3. The van der Waals surface area contributed by atoms with Gasteiger partial charge in [0, 0.05) is 29.9 Å². The molecule has 0 unspecified atom stereocenters. The Kier molecular flexibility index (Phi) is 12.8. The third kappa shape index (κ3) is 10.3. The molecule has 5 aromatic carbocycles. The van der Waals surface area contributed by atoms with Gasteiger partial charge in [-0.05, 0) is 82.3 Å². The first-order chi connectivity index (χ1) is 25.2. The first-order valence-corrected chi connectivity index (χ1v) is 16.9. The fourth-order valence-electron chi connectivity index (χ4n) is 5.28. The number of rotatable bonds is 14. The van der Waals surface area contributed by atoms with Crippen LogP contribution in [0.4, 0.5) is 10.5 Å². The second-order valence-electron chi connectivity index (χ2n) is 12.4. The molecule has 2 amide bonds. The SMILES string of the molecule is COc1ccc(-c2ccc(C(=O)NCC(C)C)cc2C(=O)OCc2ccccc2)c(CNc2ccc(C(=N)NC(=O)OCc3ccccc3)cc2)c1. The van der Waals surface area contributed by atoms with Crippen molar-refractivity contribution in [3.8, 4) is 16.9 Å². The quantitative estimate of drug-likeness (QED) is 0.0524. The largest absolute Gasteiger partial charge is 0.497 e. The number of hydrogen-bond donors (Lipinski definition) is 4. The summed E-state index contributed by atoms with van der Waals surface area (Å²) >= 11 is 0. The van der Waals surface area contributed by atoms with Crippen molar-refractivity contribution in [2.24, 2.45) is 5.92 Å². The number of nitrogens with one attached hydrogen (secondary N) is 4. The molecule has 5 aromatic rings. The van der Waals surface area contributed by atoms with Crippen LogP contribution in [0.25, 0.3) is 11.1 Å². The van der Waals surface area contributed by atoms with Crippen molar-refractivity contribution in [3.63, 3.8) is 0 Å². The van der Waals surface area contributed by atoms with Crippen LogP contribution in [-0.2, 0) is 29.2 Å². The smallest absolute Gasteiger partial charge is 0.413 e. The Bertz CT molecular complexity index is 2000. The van der Waals surface area contributed by atoms with Crippen molar-refractivity contribution in [3.05, 3.63) is 155 Å². The third-order valence-corrected chi connectivity index (χ3v) is 8.08. The predicted molar refractivity (Wildman–Crippen MR) is 202 cm³/mol. The Labute approximate surface area is 303 Å². The molecule has 0 aromatic heterocycles. The van der Waals surface area contributed by atoms with Gasteiger partial charge in [-0.25, -0.2) is 9.59 Å². The molecule has 0 radical (unpaired) electrons. The summed E-state index contributed by atoms with van der Waals surface area (Å²) < 4.78 is 16.5. The molecule has 10 heteroatoms. The Hall–Kier alpha value is -6.42. The van der Waals surface area contributed by atoms with Crippen LogP contribution >= 0.6 is 0 Å². The van der Waals surface area contributed by atoms with Gasteiger partial charge in [-0.3, -0.25) is 15.5 Å². The Balaban J connectivity index is 1.33. The molecule has 0 fully saturated rings. The summed E-state index contributed by atoms with van der Waals surface area (Å²) in [7, 11) is 1.59. The van der Waals surface area contributed by atoms with E-state index in [-0.39, 0.29) is 36.4 Å². The van der Waals surface area contributed by atoms with Crippen LogP contribution in [0, 0.1) is 11.3 Å². The summed E-state index contributed by atoms with van der Waals surface area (Å²) in [4.78, 5) is 39.0. The van der Waals surface area contributed by atoms with E-state index in [4.69, 9.17) is 19.6 Å². The highest BCUT2D eigenvalue weighted by atomic mass is 16.5. The fourth-order valence-corrected chi connectivity index (χ4v) is 5.28. The molecule has 0 heterocycles. The number of amidine groups is 1. The normalized spacial score (nSPS) is 10.6. The minimum absolute atomic E-state index is 0.0811. The molecule has 0 saturated heterocycles. The molecule has 10 nitrogen and oxygen atoms in total. The van der Waals surface area contributed by atoms with Crippen LogP contribution in [-0.4, -0.2) is 37.5 Å². The van der Waals surface area contributed by atoms with E-state index in [9.17, 15) is 14.4 Å². The van der Waals surface area contributed by atoms with Crippen LogP contribution in [0.1, 0.15) is 56.8 Å². The summed E-state index contributed by atoms with van der Waals surface area (Å²) in [5.74, 6) is -0.0190. The number of benzene rings is 5. The van der Waals surface area contributed by atoms with Crippen molar-refractivity contribution in [2.45, 2.75) is 33.6 Å². The number of ether oxygens (including phenoxy) is 3. The van der Waals surface area contributed by atoms with Crippen LogP contribution in [0.15, 0.2) is 121 Å². The standard InChI is InChI=1S/C42H42N4O6/c1-28(2)24-45-40(47)32-16-20-37(38(23-32)41(48)51-26-29-10-6-4-7-11-29)36-21-19-35(50-3)22-33(36)25-44-34-17-14-31(15-18-34)39(43)46-42(49)52-27-30-12-8-5-9-13-30/h4-23,28,44H,24-27H2,1-3H3,(H,45,47)(H2,43,46,49). The maximum atomic E-state index is 13.7. The summed E-state index contributed by atoms with van der Waals surface area (Å²) in [5.41, 5.74) is 5.76. The Morgan fingerprint density at radius 1 is 0.712 bits per heavy atom. The van der Waals surface area contributed by atoms with E-state index in [1.54, 1.807) is 49.6 Å². The summed E-state index contributed by atoms with van der Waals surface area (Å²) in [6.07, 6.45) is -0.714. The van der Waals surface area contributed by atoms with E-state index in [0.29, 0.717) is 35.5 Å². The monoisotopic (exact) mass is 698 g/mol. The molecule has 0 bridgehead atoms. The number of carbonyl (C=O) groups is 3. The third-order valence-electron chi connectivity index (χ3n) is 8.08. The van der Waals surface area contributed by atoms with Crippen molar-refractivity contribution in [1.29, 1.82) is 5.41 Å². The Morgan fingerprint density at radius 3 is 1.96 bits per heavy atom. The van der Waals surface area contributed by atoms with Crippen LogP contribution < -0.4 is 20.7 Å². The van der Waals surface area contributed by atoms with Gasteiger partial charge in [0.1, 0.15) is 24.8 Å². The predicted octanol–water partition coefficient (Wildman–Crippen LogP) is 7.97. The van der Waals surface area contributed by atoms with Gasteiger partial charge >= 0.3 is 12.1 Å². The van der Waals surface area contributed by atoms with E-state index in [0.717, 1.165) is 27.9 Å². The van der Waals surface area contributed by atoms with E-state index < -0.39 is 12.1 Å². The number of alkyl carbamates (subject to hydrolysis) is 1. The molecule has 0 aliphatic carbocycles. The maximum Gasteiger partial charge on any atom is 0.413 e. The van der Waals surface area contributed by atoms with Crippen LogP contribution in [0.2, 0.25) is 0 Å². The lowest BCUT2D eigenvalue weighted by Crippen LogP contribution is -2.30. The van der Waals surface area contributed by atoms with E-state index in [1.807, 2.05) is 92.7 Å². The first-order valence-electron chi connectivity index (χ1n) is 16.9. The van der Waals surface area contributed by atoms with Gasteiger partial charge in [-0.2, -0.15) is 0 Å². The summed E-state index contributed by atoms with van der Waals surface area (Å²) in [6.45, 7) is 5.06. The van der Waals surface area contributed by atoms with Gasteiger partial charge in [-0.15, -0.1) is 0 Å². The molecule has 0 aliphatic heterocycles. The van der Waals surface area contributed by atoms with Gasteiger partial charge in [0.15, 0.2) is 0 Å². The minimum atomic E-state index is -0.714. The van der Waals surface area contributed by atoms with Crippen molar-refractivity contribution < 1.29 is 28.6 Å². The number of anilines is 1. The molecular weight excluding hydrogens is 656 g/mol. The molecule has 266 valence electrons. The summed E-state index contributed by atoms with van der Waals surface area (Å²) in [6, 6.07) is 36.4. The highest BCUT2D eigenvalue weighted by Crippen LogP contribution is 2.32. The van der Waals surface area contributed by atoms with Gasteiger partial charge in [0.05, 0.1) is 12.7 Å². The number of esters is 1. The molecule has 0 saturated carbocycles. The molecule has 0 atom stereocenters. The van der Waals surface area contributed by atoms with Gasteiger partial charge < -0.3 is 24.8 Å². The zero-order valence-corrected chi connectivity index (χ0v) is 29.4. The number of amides is 2. The van der Waals surface area contributed by atoms with E-state index >= 15 is 0 Å². The second-order valence-corrected chi connectivity index (χ2v) is 12.4. The zero-order chi connectivity index (χ0) is 36.9. The minimum Gasteiger partial charge on any atom is -0.497 e. The zero-order valence-electron chi connectivity index (χ0n) is 29.4. The van der Waals surface area contributed by atoms with Crippen molar-refractivity contribution >= 4 is 29.5 Å². The second kappa shape index (κ2) is 18.0. The highest BCUT2D eigenvalue weighted by molar-refractivity contribution is 6.05. The lowest BCUT2D eigenvalue weighted by Gasteiger charge is -2.17. The van der Waals surface area contributed by atoms with Crippen LogP contribution in [0.5, 0.6) is 5.75 Å². The topological polar surface area (TPSA) is 139 Å². The molecular formula is C42H42N4O6. The molecule has 5 rings (SSSR count). The first kappa shape index (κ1) is 36.9. The summed E-state index contributed by atoms with van der Waals surface area (Å²) in [5, 5.41) is 17.1. The van der Waals surface area contributed by atoms with E-state index in [1.165, 1.54) is 0 Å². The Morgan fingerprint density at radius 2 is 1.33 bits per heavy atom. The van der Waals surface area contributed by atoms with Gasteiger partial charge in [-0.1, -0.05) is 86.6 Å². The average molecular weight is 699 g/mol. The molecule has 4 N–H and O–H groups in total. The average Bonchev–Trinajstić information content (AvgIpc) is 3.18. The van der Waals surface area contributed by atoms with Gasteiger partial charge in [0.25, 0.3) is 5.91 Å². The highest BCUT2D eigenvalue weighted by Gasteiger charge is 2.20. The fraction of sp³-hybridized carbons (Fsp3) is 0.190. The molecule has 0 aliphatic rings. The van der Waals surface area contributed by atoms with E-state index in [2.05, 4.69) is 16.0 Å². The number of methoxy groups -OCH3 is 1.